The van der Waals surface area contributed by atoms with Crippen molar-refractivity contribution < 1.29 is 14.3 Å². The van der Waals surface area contributed by atoms with E-state index in [1.165, 1.54) is 30.8 Å². The van der Waals surface area contributed by atoms with E-state index in [0.717, 1.165) is 116 Å². The lowest BCUT2D eigenvalue weighted by Crippen LogP contribution is -2.50. The number of nitrogens with zero attached hydrogens (tertiary/aromatic N) is 8. The fourth-order valence-electron chi connectivity index (χ4n) is 10.3. The van der Waals surface area contributed by atoms with Crippen LogP contribution in [0.2, 0.25) is 0 Å². The minimum Gasteiger partial charge on any atom is -0.381 e. The summed E-state index contributed by atoms with van der Waals surface area (Å²) in [5, 5.41) is 32.0. The fraction of sp³-hybridized carbons (Fsp3) is 0.500. The van der Waals surface area contributed by atoms with E-state index in [0.29, 0.717) is 35.8 Å². The second kappa shape index (κ2) is 15.3. The Morgan fingerprint density at radius 2 is 1.72 bits per heavy atom. The van der Waals surface area contributed by atoms with Gasteiger partial charge in [-0.1, -0.05) is 17.4 Å². The highest BCUT2D eigenvalue weighted by Gasteiger charge is 2.51. The standard InChI is InChI=1S/C44H48N10O3S/c45-23-28-21-32-2-5-38(54(32)48-24-28)37-22-36(49-31-9-19-57-20-10-31)34(26-47-37)41-51-52-42(58-41)44-14-11-43(12-15-44,13-16-44)27-53-17-7-29(8-18-53)35-4-1-30(25-46-35)33-3-6-39(55)50-40(33)56/h1-2,4-5,21-22,24-26,29,31,33H,3,6-20,27H2,(H,47,49)(H,50,55,56)/t33-,43?,44?/m0/s1. The molecule has 0 aromatic carbocycles. The van der Waals surface area contributed by atoms with Gasteiger partial charge in [-0.05, 0) is 125 Å². The molecule has 2 N–H and O–H groups in total. The summed E-state index contributed by atoms with van der Waals surface area (Å²) >= 11 is 1.74. The number of fused-ring (bicyclic) bond motifs is 4. The van der Waals surface area contributed by atoms with Gasteiger partial charge in [-0.25, -0.2) is 4.52 Å². The molecule has 3 aliphatic carbocycles. The number of imide groups is 1. The van der Waals surface area contributed by atoms with Crippen molar-refractivity contribution in [2.24, 2.45) is 5.41 Å². The van der Waals surface area contributed by atoms with Gasteiger partial charge >= 0.3 is 0 Å². The molecular formula is C44H48N10O3S. The molecule has 58 heavy (non-hydrogen) atoms. The molecule has 0 radical (unpaired) electrons. The van der Waals surface area contributed by atoms with E-state index in [2.05, 4.69) is 38.8 Å². The lowest BCUT2D eigenvalue weighted by Gasteiger charge is -2.54. The van der Waals surface area contributed by atoms with E-state index in [9.17, 15) is 14.9 Å². The highest BCUT2D eigenvalue weighted by Crippen LogP contribution is 2.59. The van der Waals surface area contributed by atoms with Crippen LogP contribution < -0.4 is 10.6 Å². The first-order valence-corrected chi connectivity index (χ1v) is 21.8. The number of anilines is 1. The van der Waals surface area contributed by atoms with E-state index in [-0.39, 0.29) is 23.1 Å². The number of piperidine rings is 2. The summed E-state index contributed by atoms with van der Waals surface area (Å²) in [6, 6.07) is 14.5. The third-order valence-electron chi connectivity index (χ3n) is 13.9. The second-order valence-electron chi connectivity index (χ2n) is 17.3. The summed E-state index contributed by atoms with van der Waals surface area (Å²) in [5.74, 6) is -0.247. The number of rotatable bonds is 9. The molecule has 298 valence electrons. The first-order valence-electron chi connectivity index (χ1n) is 20.9. The number of likely N-dealkylation sites (tertiary alicyclic amines) is 1. The molecule has 6 fully saturated rings. The van der Waals surface area contributed by atoms with E-state index in [1.807, 2.05) is 41.2 Å². The summed E-state index contributed by atoms with van der Waals surface area (Å²) in [7, 11) is 0. The first kappa shape index (κ1) is 37.2. The molecular weight excluding hydrogens is 749 g/mol. The van der Waals surface area contributed by atoms with E-state index in [4.69, 9.17) is 24.9 Å². The highest BCUT2D eigenvalue weighted by atomic mass is 32.1. The Morgan fingerprint density at radius 1 is 0.914 bits per heavy atom. The number of carbonyl (C=O) groups excluding carboxylic acids is 2. The van der Waals surface area contributed by atoms with Crippen LogP contribution in [0.1, 0.15) is 111 Å². The summed E-state index contributed by atoms with van der Waals surface area (Å²) < 4.78 is 7.50. The monoisotopic (exact) mass is 796 g/mol. The van der Waals surface area contributed by atoms with Crippen molar-refractivity contribution in [3.63, 3.8) is 0 Å². The zero-order valence-corrected chi connectivity index (χ0v) is 33.5. The fourth-order valence-corrected chi connectivity index (χ4v) is 11.4. The molecule has 0 spiro atoms. The molecule has 14 heteroatoms. The molecule has 0 unspecified atom stereocenters. The molecule has 6 aliphatic rings. The van der Waals surface area contributed by atoms with E-state index < -0.39 is 0 Å². The maximum Gasteiger partial charge on any atom is 0.234 e. The van der Waals surface area contributed by atoms with Crippen LogP contribution in [0.3, 0.4) is 0 Å². The number of hydrogen-bond acceptors (Lipinski definition) is 12. The number of nitriles is 1. The number of hydrogen-bond donors (Lipinski definition) is 2. The molecule has 5 aromatic rings. The van der Waals surface area contributed by atoms with Crippen molar-refractivity contribution in [3.05, 3.63) is 76.8 Å². The van der Waals surface area contributed by atoms with Crippen LogP contribution in [0.15, 0.2) is 55.0 Å². The molecule has 8 heterocycles. The van der Waals surface area contributed by atoms with Crippen molar-refractivity contribution in [3.8, 4) is 28.0 Å². The van der Waals surface area contributed by atoms with Gasteiger partial charge in [-0.3, -0.25) is 24.9 Å². The number of pyridine rings is 2. The summed E-state index contributed by atoms with van der Waals surface area (Å²) in [6.45, 7) is 4.83. The molecule has 1 atom stereocenters. The molecule has 3 saturated carbocycles. The predicted octanol–water partition coefficient (Wildman–Crippen LogP) is 6.76. The van der Waals surface area contributed by atoms with Gasteiger partial charge in [0.2, 0.25) is 11.8 Å². The van der Waals surface area contributed by atoms with Gasteiger partial charge in [0.15, 0.2) is 5.01 Å². The first-order chi connectivity index (χ1) is 28.4. The van der Waals surface area contributed by atoms with Gasteiger partial charge in [0, 0.05) is 67.3 Å². The van der Waals surface area contributed by atoms with Crippen molar-refractivity contribution in [1.82, 2.24) is 40.0 Å². The third-order valence-corrected chi connectivity index (χ3v) is 15.1. The van der Waals surface area contributed by atoms with Gasteiger partial charge in [0.05, 0.1) is 40.1 Å². The molecule has 2 bridgehead atoms. The topological polar surface area (TPSA) is 163 Å². The Bertz CT molecular complexity index is 2360. The Morgan fingerprint density at radius 3 is 2.47 bits per heavy atom. The number of amides is 2. The van der Waals surface area contributed by atoms with Crippen molar-refractivity contribution in [2.45, 2.75) is 100 Å². The number of carbonyl (C=O) groups is 2. The predicted molar refractivity (Wildman–Crippen MR) is 219 cm³/mol. The van der Waals surface area contributed by atoms with Gasteiger partial charge in [0.25, 0.3) is 0 Å². The Balaban J connectivity index is 0.796. The van der Waals surface area contributed by atoms with E-state index >= 15 is 0 Å². The average Bonchev–Trinajstić information content (AvgIpc) is 3.94. The molecule has 2 amide bonds. The molecule has 11 rings (SSSR count). The minimum absolute atomic E-state index is 0.0940. The zero-order chi connectivity index (χ0) is 39.3. The van der Waals surface area contributed by atoms with Gasteiger partial charge in [-0.15, -0.1) is 10.2 Å². The largest absolute Gasteiger partial charge is 0.381 e. The SMILES string of the molecule is N#Cc1cnn2c(-c3cc(NC4CCOCC4)c(-c4nnc(C56CCC(CN7CCC(c8ccc([C@@H]9CCC(=O)NC9=O)cn8)CC7)(CC5)CC6)s4)cn3)ccc2c1. The molecule has 13 nitrogen and oxygen atoms in total. The Kier molecular flexibility index (Phi) is 9.78. The summed E-state index contributed by atoms with van der Waals surface area (Å²) in [6.07, 6.45) is 17.6. The van der Waals surface area contributed by atoms with Crippen LogP contribution in [0, 0.1) is 16.7 Å². The van der Waals surface area contributed by atoms with Crippen LogP contribution in [0.25, 0.3) is 27.5 Å². The lowest BCUT2D eigenvalue weighted by atomic mass is 9.53. The number of nitrogens with one attached hydrogen (secondary N) is 2. The maximum absolute atomic E-state index is 12.4. The van der Waals surface area contributed by atoms with Crippen LogP contribution in [-0.2, 0) is 19.7 Å². The Labute approximate surface area is 341 Å². The zero-order valence-electron chi connectivity index (χ0n) is 32.7. The van der Waals surface area contributed by atoms with Crippen molar-refractivity contribution in [2.75, 3.05) is 38.2 Å². The number of ether oxygens (including phenoxy) is 1. The maximum atomic E-state index is 12.4. The van der Waals surface area contributed by atoms with Crippen LogP contribution in [0.5, 0.6) is 0 Å². The third kappa shape index (κ3) is 7.07. The van der Waals surface area contributed by atoms with Crippen LogP contribution in [-0.4, -0.2) is 85.4 Å². The van der Waals surface area contributed by atoms with Gasteiger partial charge in [0.1, 0.15) is 11.1 Å². The Hall–Kier alpha value is -5.10. The van der Waals surface area contributed by atoms with Gasteiger partial charge in [-0.2, -0.15) is 10.4 Å². The molecule has 5 aromatic heterocycles. The minimum atomic E-state index is -0.288. The van der Waals surface area contributed by atoms with E-state index in [1.54, 1.807) is 17.5 Å². The normalized spacial score (nSPS) is 25.8. The highest BCUT2D eigenvalue weighted by molar-refractivity contribution is 7.14. The van der Waals surface area contributed by atoms with Gasteiger partial charge < -0.3 is 15.0 Å². The molecule has 3 aliphatic heterocycles. The quantitative estimate of drug-likeness (QED) is 0.152. The second-order valence-corrected chi connectivity index (χ2v) is 18.3. The van der Waals surface area contributed by atoms with Crippen molar-refractivity contribution >= 4 is 34.4 Å². The van der Waals surface area contributed by atoms with Crippen LogP contribution >= 0.6 is 11.3 Å². The lowest BCUT2D eigenvalue weighted by molar-refractivity contribution is -0.134. The summed E-state index contributed by atoms with van der Waals surface area (Å²) in [4.78, 5) is 36.4. The number of aromatic nitrogens is 6. The van der Waals surface area contributed by atoms with Crippen molar-refractivity contribution in [1.29, 1.82) is 5.26 Å². The smallest absolute Gasteiger partial charge is 0.234 e. The average molecular weight is 797 g/mol. The summed E-state index contributed by atoms with van der Waals surface area (Å²) in [5.41, 5.74) is 7.50. The van der Waals surface area contributed by atoms with Crippen LogP contribution in [0.4, 0.5) is 5.69 Å². The molecule has 3 saturated heterocycles.